The summed E-state index contributed by atoms with van der Waals surface area (Å²) in [6, 6.07) is 20.2. The van der Waals surface area contributed by atoms with Crippen LogP contribution in [0.15, 0.2) is 65.1 Å². The number of nitrogens with one attached hydrogen (secondary N) is 1. The summed E-state index contributed by atoms with van der Waals surface area (Å²) in [6.45, 7) is 0.645. The molecule has 1 N–H and O–H groups in total. The molecule has 0 aliphatic carbocycles. The first-order chi connectivity index (χ1) is 10.4. The summed E-state index contributed by atoms with van der Waals surface area (Å²) >= 11 is 0. The van der Waals surface area contributed by atoms with E-state index in [4.69, 9.17) is 9.15 Å². The van der Waals surface area contributed by atoms with E-state index >= 15 is 0 Å². The monoisotopic (exact) mass is 281 g/mol. The van der Waals surface area contributed by atoms with Crippen LogP contribution in [0.5, 0.6) is 5.75 Å². The molecule has 0 saturated heterocycles. The molecule has 3 rings (SSSR count). The molecule has 0 spiro atoms. The highest BCUT2D eigenvalue weighted by Crippen LogP contribution is 2.25. The second kappa shape index (κ2) is 6.46. The summed E-state index contributed by atoms with van der Waals surface area (Å²) < 4.78 is 11.7. The average Bonchev–Trinajstić information content (AvgIpc) is 2.96. The lowest BCUT2D eigenvalue weighted by molar-refractivity contribution is 0.280. The zero-order chi connectivity index (χ0) is 14.5. The van der Waals surface area contributed by atoms with Gasteiger partial charge in [-0.3, -0.25) is 0 Å². The van der Waals surface area contributed by atoms with Gasteiger partial charge in [-0.15, -0.1) is 0 Å². The molecule has 0 fully saturated rings. The smallest absolute Gasteiger partial charge is 0.134 e. The Morgan fingerprint density at radius 1 is 1.05 bits per heavy atom. The minimum absolute atomic E-state index is 0.154. The van der Waals surface area contributed by atoms with Crippen molar-refractivity contribution < 1.29 is 9.15 Å². The van der Waals surface area contributed by atoms with Crippen molar-refractivity contribution in [3.05, 3.63) is 66.4 Å². The van der Waals surface area contributed by atoms with Gasteiger partial charge in [0.25, 0.3) is 0 Å². The number of para-hydroxylation sites is 2. The highest BCUT2D eigenvalue weighted by atomic mass is 16.5. The van der Waals surface area contributed by atoms with Crippen LogP contribution in [0.25, 0.3) is 11.0 Å². The van der Waals surface area contributed by atoms with Crippen LogP contribution in [0.3, 0.4) is 0 Å². The topological polar surface area (TPSA) is 34.4 Å². The van der Waals surface area contributed by atoms with Crippen molar-refractivity contribution in [1.82, 2.24) is 5.32 Å². The fourth-order valence-corrected chi connectivity index (χ4v) is 2.41. The highest BCUT2D eigenvalue weighted by Gasteiger charge is 2.14. The van der Waals surface area contributed by atoms with Crippen molar-refractivity contribution >= 4 is 11.0 Å². The van der Waals surface area contributed by atoms with Gasteiger partial charge in [-0.05, 0) is 31.3 Å². The van der Waals surface area contributed by atoms with Gasteiger partial charge in [0.15, 0.2) is 0 Å². The Bertz CT molecular complexity index is 658. The molecule has 1 heterocycles. The van der Waals surface area contributed by atoms with E-state index in [2.05, 4.69) is 17.4 Å². The Morgan fingerprint density at radius 3 is 2.57 bits per heavy atom. The largest absolute Gasteiger partial charge is 0.494 e. The molecule has 0 saturated carbocycles. The fraction of sp³-hybridized carbons (Fsp3) is 0.222. The first kappa shape index (κ1) is 13.7. The van der Waals surface area contributed by atoms with Crippen LogP contribution in [0.1, 0.15) is 18.2 Å². The van der Waals surface area contributed by atoms with E-state index in [0.29, 0.717) is 6.61 Å². The maximum atomic E-state index is 5.91. The van der Waals surface area contributed by atoms with E-state index < -0.39 is 0 Å². The molecule has 21 heavy (non-hydrogen) atoms. The quantitative estimate of drug-likeness (QED) is 0.736. The predicted octanol–water partition coefficient (Wildman–Crippen LogP) is 4.16. The normalized spacial score (nSPS) is 12.4. The molecule has 3 aromatic rings. The van der Waals surface area contributed by atoms with E-state index in [9.17, 15) is 0 Å². The first-order valence-corrected chi connectivity index (χ1v) is 7.20. The van der Waals surface area contributed by atoms with Crippen LogP contribution >= 0.6 is 0 Å². The van der Waals surface area contributed by atoms with Crippen molar-refractivity contribution in [3.8, 4) is 5.75 Å². The molecule has 1 unspecified atom stereocenters. The van der Waals surface area contributed by atoms with E-state index in [0.717, 1.165) is 28.9 Å². The molecule has 0 radical (unpaired) electrons. The Morgan fingerprint density at radius 2 is 1.81 bits per heavy atom. The molecule has 1 aromatic heterocycles. The van der Waals surface area contributed by atoms with E-state index in [1.807, 2.05) is 55.6 Å². The number of hydrogen-bond donors (Lipinski definition) is 1. The van der Waals surface area contributed by atoms with Crippen LogP contribution in [0.4, 0.5) is 0 Å². The summed E-state index contributed by atoms with van der Waals surface area (Å²) in [6.07, 6.45) is 0.852. The van der Waals surface area contributed by atoms with E-state index in [-0.39, 0.29) is 6.04 Å². The molecular weight excluding hydrogens is 262 g/mol. The van der Waals surface area contributed by atoms with Crippen molar-refractivity contribution in [2.45, 2.75) is 12.5 Å². The Hall–Kier alpha value is -2.26. The minimum Gasteiger partial charge on any atom is -0.494 e. The van der Waals surface area contributed by atoms with Gasteiger partial charge in [-0.1, -0.05) is 36.4 Å². The van der Waals surface area contributed by atoms with Crippen molar-refractivity contribution in [3.63, 3.8) is 0 Å². The SMILES string of the molecule is CNC(CCOc1ccccc1)c1cc2ccccc2o1. The van der Waals surface area contributed by atoms with Crippen molar-refractivity contribution in [2.24, 2.45) is 0 Å². The van der Waals surface area contributed by atoms with Crippen molar-refractivity contribution in [2.75, 3.05) is 13.7 Å². The predicted molar refractivity (Wildman–Crippen MR) is 84.6 cm³/mol. The molecule has 3 heteroatoms. The maximum Gasteiger partial charge on any atom is 0.134 e. The number of fused-ring (bicyclic) bond motifs is 1. The molecule has 2 aromatic carbocycles. The number of rotatable bonds is 6. The first-order valence-electron chi connectivity index (χ1n) is 7.20. The van der Waals surface area contributed by atoms with Gasteiger partial charge in [-0.2, -0.15) is 0 Å². The molecule has 0 aliphatic heterocycles. The molecule has 0 aliphatic rings. The second-order valence-corrected chi connectivity index (χ2v) is 4.98. The van der Waals surface area contributed by atoms with Gasteiger partial charge in [0.05, 0.1) is 12.6 Å². The van der Waals surface area contributed by atoms with Crippen LogP contribution in [-0.2, 0) is 0 Å². The zero-order valence-corrected chi connectivity index (χ0v) is 12.1. The molecule has 0 bridgehead atoms. The van der Waals surface area contributed by atoms with Gasteiger partial charge in [0.2, 0.25) is 0 Å². The number of hydrogen-bond acceptors (Lipinski definition) is 3. The number of ether oxygens (including phenoxy) is 1. The van der Waals surface area contributed by atoms with Crippen LogP contribution in [0, 0.1) is 0 Å². The zero-order valence-electron chi connectivity index (χ0n) is 12.1. The van der Waals surface area contributed by atoms with Crippen LogP contribution in [-0.4, -0.2) is 13.7 Å². The second-order valence-electron chi connectivity index (χ2n) is 4.98. The fourth-order valence-electron chi connectivity index (χ4n) is 2.41. The van der Waals surface area contributed by atoms with Crippen LogP contribution < -0.4 is 10.1 Å². The van der Waals surface area contributed by atoms with Gasteiger partial charge in [0, 0.05) is 11.8 Å². The molecule has 1 atom stereocenters. The molecule has 3 nitrogen and oxygen atoms in total. The maximum absolute atomic E-state index is 5.91. The van der Waals surface area contributed by atoms with E-state index in [1.165, 1.54) is 0 Å². The van der Waals surface area contributed by atoms with Gasteiger partial charge in [0.1, 0.15) is 17.1 Å². The standard InChI is InChI=1S/C18H19NO2/c1-19-16(11-12-20-15-8-3-2-4-9-15)18-13-14-7-5-6-10-17(14)21-18/h2-10,13,16,19H,11-12H2,1H3. The third-order valence-electron chi connectivity index (χ3n) is 3.55. The average molecular weight is 281 g/mol. The number of benzene rings is 2. The van der Waals surface area contributed by atoms with Gasteiger partial charge in [-0.25, -0.2) is 0 Å². The summed E-state index contributed by atoms with van der Waals surface area (Å²) in [5.41, 5.74) is 0.928. The molecular formula is C18H19NO2. The molecule has 108 valence electrons. The highest BCUT2D eigenvalue weighted by molar-refractivity contribution is 5.77. The van der Waals surface area contributed by atoms with Crippen molar-refractivity contribution in [1.29, 1.82) is 0 Å². The number of furan rings is 1. The third kappa shape index (κ3) is 3.26. The Labute approximate surface area is 124 Å². The summed E-state index contributed by atoms with van der Waals surface area (Å²) in [4.78, 5) is 0. The van der Waals surface area contributed by atoms with Gasteiger partial charge >= 0.3 is 0 Å². The van der Waals surface area contributed by atoms with E-state index in [1.54, 1.807) is 0 Å². The lowest BCUT2D eigenvalue weighted by Crippen LogP contribution is -2.18. The Balaban J connectivity index is 1.64. The summed E-state index contributed by atoms with van der Waals surface area (Å²) in [5, 5.41) is 4.43. The summed E-state index contributed by atoms with van der Waals surface area (Å²) in [5.74, 6) is 1.85. The third-order valence-corrected chi connectivity index (χ3v) is 3.55. The van der Waals surface area contributed by atoms with Crippen LogP contribution in [0.2, 0.25) is 0 Å². The Kier molecular flexibility index (Phi) is 4.22. The lowest BCUT2D eigenvalue weighted by atomic mass is 10.1. The molecule has 0 amide bonds. The minimum atomic E-state index is 0.154. The van der Waals surface area contributed by atoms with Gasteiger partial charge < -0.3 is 14.5 Å². The summed E-state index contributed by atoms with van der Waals surface area (Å²) in [7, 11) is 1.94. The lowest BCUT2D eigenvalue weighted by Gasteiger charge is -2.14.